The monoisotopic (exact) mass is 443 g/mol. The van der Waals surface area contributed by atoms with Crippen LogP contribution < -0.4 is 5.32 Å². The Labute approximate surface area is 186 Å². The molecule has 0 atom stereocenters. The zero-order chi connectivity index (χ0) is 20.5. The molecule has 0 saturated heterocycles. The Balaban J connectivity index is 1.54. The summed E-state index contributed by atoms with van der Waals surface area (Å²) in [6.45, 7) is 0.681. The highest BCUT2D eigenvalue weighted by molar-refractivity contribution is 8.00. The molecule has 2 nitrogen and oxygen atoms in total. The minimum atomic E-state index is 0.0413. The number of aryl methyl sites for hydroxylation is 1. The number of halogens is 2. The van der Waals surface area contributed by atoms with Gasteiger partial charge in [-0.15, -0.1) is 11.8 Å². The first-order valence-corrected chi connectivity index (χ1v) is 11.4. The van der Waals surface area contributed by atoms with Crippen molar-refractivity contribution in [1.82, 2.24) is 5.32 Å². The van der Waals surface area contributed by atoms with Gasteiger partial charge < -0.3 is 5.32 Å². The van der Waals surface area contributed by atoms with Crippen LogP contribution in [0.2, 0.25) is 10.0 Å². The van der Waals surface area contributed by atoms with E-state index in [0.717, 1.165) is 24.0 Å². The molecule has 0 saturated carbocycles. The molecule has 0 aliphatic rings. The number of rotatable bonds is 9. The second-order valence-corrected chi connectivity index (χ2v) is 8.70. The Bertz CT molecular complexity index is 853. The van der Waals surface area contributed by atoms with Gasteiger partial charge in [-0.2, -0.15) is 0 Å². The maximum atomic E-state index is 12.4. The molecular weight excluding hydrogens is 421 g/mol. The van der Waals surface area contributed by atoms with E-state index in [1.807, 2.05) is 66.7 Å². The van der Waals surface area contributed by atoms with Crippen LogP contribution >= 0.6 is 35.0 Å². The van der Waals surface area contributed by atoms with E-state index in [0.29, 0.717) is 22.3 Å². The number of hydrogen-bond donors (Lipinski definition) is 1. The van der Waals surface area contributed by atoms with Gasteiger partial charge in [-0.25, -0.2) is 0 Å². The molecule has 0 fully saturated rings. The number of thioether (sulfide) groups is 1. The van der Waals surface area contributed by atoms with E-state index in [-0.39, 0.29) is 11.2 Å². The second kappa shape index (κ2) is 11.3. The number of benzene rings is 3. The summed E-state index contributed by atoms with van der Waals surface area (Å²) in [5, 5.41) is 4.47. The lowest BCUT2D eigenvalue weighted by molar-refractivity contribution is -0.118. The van der Waals surface area contributed by atoms with Crippen LogP contribution in [0.1, 0.15) is 28.4 Å². The third-order valence-electron chi connectivity index (χ3n) is 4.53. The Kier molecular flexibility index (Phi) is 8.48. The van der Waals surface area contributed by atoms with Crippen molar-refractivity contribution in [2.24, 2.45) is 0 Å². The first kappa shape index (κ1) is 21.8. The molecule has 0 aromatic heterocycles. The van der Waals surface area contributed by atoms with E-state index in [2.05, 4.69) is 17.4 Å². The molecule has 0 aliphatic carbocycles. The van der Waals surface area contributed by atoms with Crippen molar-refractivity contribution in [3.63, 3.8) is 0 Å². The van der Waals surface area contributed by atoms with Crippen molar-refractivity contribution in [2.45, 2.75) is 18.1 Å². The Morgan fingerprint density at radius 2 is 1.38 bits per heavy atom. The first-order chi connectivity index (χ1) is 14.1. The zero-order valence-corrected chi connectivity index (χ0v) is 18.3. The molecule has 0 unspecified atom stereocenters. The number of amides is 1. The van der Waals surface area contributed by atoms with Crippen molar-refractivity contribution in [3.8, 4) is 0 Å². The molecule has 3 rings (SSSR count). The fourth-order valence-electron chi connectivity index (χ4n) is 3.04. The van der Waals surface area contributed by atoms with Gasteiger partial charge in [-0.1, -0.05) is 77.8 Å². The summed E-state index contributed by atoms with van der Waals surface area (Å²) in [6.07, 6.45) is 1.89. The van der Waals surface area contributed by atoms with Crippen LogP contribution in [-0.4, -0.2) is 18.2 Å². The fraction of sp³-hybridized carbons (Fsp3) is 0.208. The van der Waals surface area contributed by atoms with Crippen LogP contribution in [0.15, 0.2) is 78.9 Å². The van der Waals surface area contributed by atoms with Gasteiger partial charge in [-0.05, 0) is 53.8 Å². The molecule has 1 amide bonds. The van der Waals surface area contributed by atoms with E-state index >= 15 is 0 Å². The van der Waals surface area contributed by atoms with Crippen molar-refractivity contribution in [3.05, 3.63) is 106 Å². The summed E-state index contributed by atoms with van der Waals surface area (Å²) in [4.78, 5) is 12.4. The van der Waals surface area contributed by atoms with Crippen LogP contribution in [0, 0.1) is 0 Å². The Morgan fingerprint density at radius 1 is 0.828 bits per heavy atom. The summed E-state index contributed by atoms with van der Waals surface area (Å²) in [5.74, 6) is 0.442. The SMILES string of the molecule is O=C(CSC(c1ccc(Cl)cc1)c1ccc(Cl)cc1)NCCCc1ccccc1. The average Bonchev–Trinajstić information content (AvgIpc) is 2.74. The maximum absolute atomic E-state index is 12.4. The van der Waals surface area contributed by atoms with Crippen molar-refractivity contribution < 1.29 is 4.79 Å². The van der Waals surface area contributed by atoms with E-state index in [4.69, 9.17) is 23.2 Å². The lowest BCUT2D eigenvalue weighted by atomic mass is 10.0. The Morgan fingerprint density at radius 3 is 1.93 bits per heavy atom. The molecule has 0 bridgehead atoms. The third-order valence-corrected chi connectivity index (χ3v) is 6.34. The fourth-order valence-corrected chi connectivity index (χ4v) is 4.41. The average molecular weight is 444 g/mol. The summed E-state index contributed by atoms with van der Waals surface area (Å²) in [6, 6.07) is 25.9. The molecule has 1 N–H and O–H groups in total. The number of nitrogens with one attached hydrogen (secondary N) is 1. The predicted molar refractivity (Wildman–Crippen MR) is 125 cm³/mol. The number of carbonyl (C=O) groups is 1. The minimum Gasteiger partial charge on any atom is -0.355 e. The van der Waals surface area contributed by atoms with Gasteiger partial charge in [0.1, 0.15) is 0 Å². The molecule has 0 radical (unpaired) electrons. The van der Waals surface area contributed by atoms with Crippen LogP contribution in [0.3, 0.4) is 0 Å². The van der Waals surface area contributed by atoms with E-state index in [1.165, 1.54) is 5.56 Å². The number of carbonyl (C=O) groups excluding carboxylic acids is 1. The Hall–Kier alpha value is -1.94. The lowest BCUT2D eigenvalue weighted by Crippen LogP contribution is -2.26. The molecule has 5 heteroatoms. The van der Waals surface area contributed by atoms with E-state index in [9.17, 15) is 4.79 Å². The highest BCUT2D eigenvalue weighted by Gasteiger charge is 2.16. The van der Waals surface area contributed by atoms with Crippen LogP contribution in [0.4, 0.5) is 0 Å². The number of hydrogen-bond acceptors (Lipinski definition) is 2. The molecule has 0 heterocycles. The van der Waals surface area contributed by atoms with Gasteiger partial charge in [0.25, 0.3) is 0 Å². The van der Waals surface area contributed by atoms with E-state index < -0.39 is 0 Å². The molecule has 150 valence electrons. The van der Waals surface area contributed by atoms with Crippen LogP contribution in [0.5, 0.6) is 0 Å². The van der Waals surface area contributed by atoms with Gasteiger partial charge >= 0.3 is 0 Å². The van der Waals surface area contributed by atoms with Crippen LogP contribution in [0.25, 0.3) is 0 Å². The standard InChI is InChI=1S/C24H23Cl2NOS/c25-21-12-8-19(9-13-21)24(20-10-14-22(26)15-11-20)29-17-23(28)27-16-4-7-18-5-2-1-3-6-18/h1-3,5-6,8-15,24H,4,7,16-17H2,(H,27,28). The lowest BCUT2D eigenvalue weighted by Gasteiger charge is -2.18. The molecule has 3 aromatic carbocycles. The quantitative estimate of drug-likeness (QED) is 0.379. The van der Waals surface area contributed by atoms with E-state index in [1.54, 1.807) is 11.8 Å². The van der Waals surface area contributed by atoms with Crippen LogP contribution in [-0.2, 0) is 11.2 Å². The van der Waals surface area contributed by atoms with Crippen molar-refractivity contribution in [1.29, 1.82) is 0 Å². The summed E-state index contributed by atoms with van der Waals surface area (Å²) in [7, 11) is 0. The van der Waals surface area contributed by atoms with Gasteiger partial charge in [0.05, 0.1) is 11.0 Å². The third kappa shape index (κ3) is 7.11. The largest absolute Gasteiger partial charge is 0.355 e. The second-order valence-electron chi connectivity index (χ2n) is 6.73. The van der Waals surface area contributed by atoms with Gasteiger partial charge in [0.15, 0.2) is 0 Å². The van der Waals surface area contributed by atoms with Crippen molar-refractivity contribution >= 4 is 40.9 Å². The first-order valence-electron chi connectivity index (χ1n) is 9.55. The predicted octanol–water partition coefficient (Wildman–Crippen LogP) is 6.57. The zero-order valence-electron chi connectivity index (χ0n) is 16.0. The minimum absolute atomic E-state index is 0.0413. The molecule has 3 aromatic rings. The molecular formula is C24H23Cl2NOS. The summed E-state index contributed by atoms with van der Waals surface area (Å²) in [5.41, 5.74) is 3.51. The highest BCUT2D eigenvalue weighted by atomic mass is 35.5. The molecule has 0 spiro atoms. The highest BCUT2D eigenvalue weighted by Crippen LogP contribution is 2.36. The molecule has 29 heavy (non-hydrogen) atoms. The van der Waals surface area contributed by atoms with Gasteiger partial charge in [0.2, 0.25) is 5.91 Å². The smallest absolute Gasteiger partial charge is 0.230 e. The van der Waals surface area contributed by atoms with Crippen molar-refractivity contribution in [2.75, 3.05) is 12.3 Å². The topological polar surface area (TPSA) is 29.1 Å². The normalized spacial score (nSPS) is 10.9. The summed E-state index contributed by atoms with van der Waals surface area (Å²) < 4.78 is 0. The maximum Gasteiger partial charge on any atom is 0.230 e. The molecule has 0 aliphatic heterocycles. The summed E-state index contributed by atoms with van der Waals surface area (Å²) >= 11 is 13.7. The van der Waals surface area contributed by atoms with Gasteiger partial charge in [-0.3, -0.25) is 4.79 Å². The van der Waals surface area contributed by atoms with Gasteiger partial charge in [0, 0.05) is 16.6 Å².